The van der Waals surface area contributed by atoms with Crippen molar-refractivity contribution in [2.75, 3.05) is 12.9 Å². The Bertz CT molecular complexity index is 792. The second-order valence-electron chi connectivity index (χ2n) is 7.30. The Morgan fingerprint density at radius 3 is 2.85 bits per heavy atom. The van der Waals surface area contributed by atoms with E-state index in [0.29, 0.717) is 17.6 Å². The molecule has 3 rings (SSSR count). The minimum atomic E-state index is 0.0628. The molecule has 7 heteroatoms. The maximum absolute atomic E-state index is 12.4. The number of carbonyl (C=O) groups is 1. The second kappa shape index (κ2) is 8.78. The number of hydrogen-bond donors (Lipinski definition) is 1. The van der Waals surface area contributed by atoms with Gasteiger partial charge in [-0.25, -0.2) is 0 Å². The number of ether oxygens (including phenoxy) is 1. The second-order valence-corrected chi connectivity index (χ2v) is 8.24. The third-order valence-electron chi connectivity index (χ3n) is 5.57. The number of carbonyl (C=O) groups excluding carboxylic acids is 1. The van der Waals surface area contributed by atoms with Crippen molar-refractivity contribution in [3.05, 3.63) is 24.3 Å². The fourth-order valence-corrected chi connectivity index (χ4v) is 4.39. The van der Waals surface area contributed by atoms with Crippen LogP contribution in [0.1, 0.15) is 33.1 Å². The molecule has 6 nitrogen and oxygen atoms in total. The topological polar surface area (TPSA) is 69.0 Å². The maximum Gasteiger partial charge on any atom is 0.230 e. The lowest BCUT2D eigenvalue weighted by molar-refractivity contribution is -0.120. The molecule has 1 N–H and O–H groups in total. The summed E-state index contributed by atoms with van der Waals surface area (Å²) in [6.45, 7) is 4.51. The number of aromatic nitrogens is 3. The fraction of sp³-hybridized carbons (Fsp3) is 0.550. The zero-order chi connectivity index (χ0) is 19.4. The van der Waals surface area contributed by atoms with E-state index in [4.69, 9.17) is 4.74 Å². The van der Waals surface area contributed by atoms with Gasteiger partial charge in [-0.1, -0.05) is 50.6 Å². The van der Waals surface area contributed by atoms with E-state index in [-0.39, 0.29) is 11.9 Å². The van der Waals surface area contributed by atoms with Gasteiger partial charge in [-0.15, -0.1) is 10.2 Å². The van der Waals surface area contributed by atoms with Gasteiger partial charge in [0.2, 0.25) is 5.91 Å². The van der Waals surface area contributed by atoms with Crippen LogP contribution in [0.5, 0.6) is 5.75 Å². The third kappa shape index (κ3) is 4.46. The Labute approximate surface area is 165 Å². The standard InChI is InChI=1S/C20H28N4O2S/c1-13-8-7-10-16(14(13)2)21-18(25)12-27-20-23-22-19(24(20)3)15-9-5-6-11-17(15)26-4/h5-6,9,11,13-14,16H,7-8,10,12H2,1-4H3,(H,21,25). The van der Waals surface area contributed by atoms with Crippen molar-refractivity contribution in [2.24, 2.45) is 18.9 Å². The van der Waals surface area contributed by atoms with Crippen molar-refractivity contribution in [2.45, 2.75) is 44.3 Å². The third-order valence-corrected chi connectivity index (χ3v) is 6.59. The van der Waals surface area contributed by atoms with Crippen molar-refractivity contribution in [3.63, 3.8) is 0 Å². The van der Waals surface area contributed by atoms with Crippen molar-refractivity contribution in [3.8, 4) is 17.1 Å². The van der Waals surface area contributed by atoms with Gasteiger partial charge in [0.15, 0.2) is 11.0 Å². The van der Waals surface area contributed by atoms with E-state index < -0.39 is 0 Å². The van der Waals surface area contributed by atoms with Gasteiger partial charge in [0.05, 0.1) is 18.4 Å². The predicted molar refractivity (Wildman–Crippen MR) is 108 cm³/mol. The van der Waals surface area contributed by atoms with Gasteiger partial charge in [0.25, 0.3) is 0 Å². The molecule has 0 spiro atoms. The number of para-hydroxylation sites is 1. The SMILES string of the molecule is COc1ccccc1-c1nnc(SCC(=O)NC2CCCC(C)C2C)n1C. The summed E-state index contributed by atoms with van der Waals surface area (Å²) in [5.41, 5.74) is 0.885. The van der Waals surface area contributed by atoms with Gasteiger partial charge < -0.3 is 14.6 Å². The fourth-order valence-electron chi connectivity index (χ4n) is 3.67. The molecule has 0 aliphatic heterocycles. The monoisotopic (exact) mass is 388 g/mol. The van der Waals surface area contributed by atoms with E-state index in [1.165, 1.54) is 24.6 Å². The minimum absolute atomic E-state index is 0.0628. The first kappa shape index (κ1) is 19.7. The van der Waals surface area contributed by atoms with Gasteiger partial charge in [-0.3, -0.25) is 4.79 Å². The molecule has 0 radical (unpaired) electrons. The summed E-state index contributed by atoms with van der Waals surface area (Å²) in [6, 6.07) is 8.00. The van der Waals surface area contributed by atoms with Gasteiger partial charge in [-0.2, -0.15) is 0 Å². The van der Waals surface area contributed by atoms with Crippen LogP contribution in [0.15, 0.2) is 29.4 Å². The molecule has 0 saturated heterocycles. The molecule has 1 amide bonds. The van der Waals surface area contributed by atoms with Crippen molar-refractivity contribution >= 4 is 17.7 Å². The van der Waals surface area contributed by atoms with Gasteiger partial charge in [-0.05, 0) is 30.4 Å². The van der Waals surface area contributed by atoms with Crippen LogP contribution >= 0.6 is 11.8 Å². The molecule has 1 fully saturated rings. The summed E-state index contributed by atoms with van der Waals surface area (Å²) in [6.07, 6.45) is 3.52. The summed E-state index contributed by atoms with van der Waals surface area (Å²) in [5.74, 6) is 3.08. The van der Waals surface area contributed by atoms with E-state index >= 15 is 0 Å². The number of rotatable bonds is 6. The highest BCUT2D eigenvalue weighted by atomic mass is 32.2. The number of methoxy groups -OCH3 is 1. The largest absolute Gasteiger partial charge is 0.496 e. The lowest BCUT2D eigenvalue weighted by atomic mass is 9.78. The lowest BCUT2D eigenvalue weighted by Crippen LogP contribution is -2.44. The molecule has 1 aliphatic carbocycles. The molecule has 0 bridgehead atoms. The Kier molecular flexibility index (Phi) is 6.42. The normalized spacial score (nSPS) is 22.4. The quantitative estimate of drug-likeness (QED) is 0.767. The molecule has 1 saturated carbocycles. The molecule has 3 atom stereocenters. The molecule has 146 valence electrons. The highest BCUT2D eigenvalue weighted by Gasteiger charge is 2.28. The summed E-state index contributed by atoms with van der Waals surface area (Å²) >= 11 is 1.41. The molecular formula is C20H28N4O2S. The molecule has 27 heavy (non-hydrogen) atoms. The number of nitrogens with zero attached hydrogens (tertiary/aromatic N) is 3. The summed E-state index contributed by atoms with van der Waals surface area (Å²) in [7, 11) is 3.55. The van der Waals surface area contributed by atoms with Gasteiger partial charge >= 0.3 is 0 Å². The highest BCUT2D eigenvalue weighted by Crippen LogP contribution is 2.31. The molecule has 2 aromatic rings. The smallest absolute Gasteiger partial charge is 0.230 e. The summed E-state index contributed by atoms with van der Waals surface area (Å²) in [4.78, 5) is 12.4. The minimum Gasteiger partial charge on any atom is -0.496 e. The van der Waals surface area contributed by atoms with E-state index in [0.717, 1.165) is 28.7 Å². The van der Waals surface area contributed by atoms with Crippen LogP contribution in [0, 0.1) is 11.8 Å². The van der Waals surface area contributed by atoms with E-state index in [2.05, 4.69) is 29.4 Å². The lowest BCUT2D eigenvalue weighted by Gasteiger charge is -2.34. The number of thioether (sulfide) groups is 1. The number of hydrogen-bond acceptors (Lipinski definition) is 5. The van der Waals surface area contributed by atoms with Crippen LogP contribution in [-0.2, 0) is 11.8 Å². The van der Waals surface area contributed by atoms with Crippen LogP contribution in [-0.4, -0.2) is 39.6 Å². The van der Waals surface area contributed by atoms with Crippen molar-refractivity contribution < 1.29 is 9.53 Å². The molecule has 1 aromatic carbocycles. The number of nitrogens with one attached hydrogen (secondary N) is 1. The van der Waals surface area contributed by atoms with E-state index in [9.17, 15) is 4.79 Å². The predicted octanol–water partition coefficient (Wildman–Crippen LogP) is 3.52. The Morgan fingerprint density at radius 1 is 1.30 bits per heavy atom. The van der Waals surface area contributed by atoms with Crippen molar-refractivity contribution in [1.82, 2.24) is 20.1 Å². The van der Waals surface area contributed by atoms with Crippen LogP contribution in [0.25, 0.3) is 11.4 Å². The zero-order valence-corrected chi connectivity index (χ0v) is 17.3. The van der Waals surface area contributed by atoms with Crippen LogP contribution < -0.4 is 10.1 Å². The number of amides is 1. The average molecular weight is 389 g/mol. The average Bonchev–Trinajstić information content (AvgIpc) is 3.04. The molecule has 3 unspecified atom stereocenters. The number of benzene rings is 1. The molecule has 1 aromatic heterocycles. The molecule has 1 heterocycles. The first-order chi connectivity index (χ1) is 13.0. The first-order valence-electron chi connectivity index (χ1n) is 9.46. The van der Waals surface area contributed by atoms with Crippen LogP contribution in [0.3, 0.4) is 0 Å². The highest BCUT2D eigenvalue weighted by molar-refractivity contribution is 7.99. The van der Waals surface area contributed by atoms with Crippen molar-refractivity contribution in [1.29, 1.82) is 0 Å². The maximum atomic E-state index is 12.4. The molecular weight excluding hydrogens is 360 g/mol. The first-order valence-corrected chi connectivity index (χ1v) is 10.4. The Balaban J connectivity index is 1.62. The Hall–Kier alpha value is -2.02. The molecule has 1 aliphatic rings. The van der Waals surface area contributed by atoms with E-state index in [1.807, 2.05) is 35.9 Å². The van der Waals surface area contributed by atoms with Crippen LogP contribution in [0.4, 0.5) is 0 Å². The van der Waals surface area contributed by atoms with Crippen LogP contribution in [0.2, 0.25) is 0 Å². The van der Waals surface area contributed by atoms with Gasteiger partial charge in [0.1, 0.15) is 5.75 Å². The zero-order valence-electron chi connectivity index (χ0n) is 16.4. The van der Waals surface area contributed by atoms with E-state index in [1.54, 1.807) is 7.11 Å². The van der Waals surface area contributed by atoms with Gasteiger partial charge in [0, 0.05) is 13.1 Å². The summed E-state index contributed by atoms with van der Waals surface area (Å²) in [5, 5.41) is 12.5. The summed E-state index contributed by atoms with van der Waals surface area (Å²) < 4.78 is 7.32. The Morgan fingerprint density at radius 2 is 2.07 bits per heavy atom.